The van der Waals surface area contributed by atoms with Gasteiger partial charge in [0.25, 0.3) is 10.0 Å². The molecule has 1 aromatic carbocycles. The van der Waals surface area contributed by atoms with Crippen LogP contribution < -0.4 is 4.90 Å². The molecule has 1 saturated heterocycles. The van der Waals surface area contributed by atoms with Crippen LogP contribution in [0.5, 0.6) is 0 Å². The van der Waals surface area contributed by atoms with Crippen LogP contribution in [-0.4, -0.2) is 48.9 Å². The summed E-state index contributed by atoms with van der Waals surface area (Å²) in [5.41, 5.74) is 2.36. The van der Waals surface area contributed by atoms with Gasteiger partial charge in [-0.15, -0.1) is 0 Å². The Labute approximate surface area is 124 Å². The number of piperazine rings is 1. The second kappa shape index (κ2) is 5.50. The third-order valence-electron chi connectivity index (χ3n) is 3.70. The molecule has 2 aromatic rings. The maximum absolute atomic E-state index is 12.4. The number of hydrogen-bond donors (Lipinski definition) is 1. The molecule has 1 aliphatic heterocycles. The molecule has 1 aliphatic rings. The first-order valence-electron chi connectivity index (χ1n) is 6.87. The number of anilines is 1. The third-order valence-corrected chi connectivity index (χ3v) is 5.52. The van der Waals surface area contributed by atoms with E-state index >= 15 is 0 Å². The van der Waals surface area contributed by atoms with Crippen LogP contribution in [0.15, 0.2) is 41.8 Å². The molecule has 2 heterocycles. The summed E-state index contributed by atoms with van der Waals surface area (Å²) in [4.78, 5) is 8.67. The largest absolute Gasteiger partial charge is 0.369 e. The lowest BCUT2D eigenvalue weighted by Gasteiger charge is -2.35. The van der Waals surface area contributed by atoms with Crippen molar-refractivity contribution in [3.8, 4) is 0 Å². The molecule has 0 radical (unpaired) electrons. The molecule has 3 rings (SSSR count). The Morgan fingerprint density at radius 1 is 1.19 bits per heavy atom. The number of aryl methyl sites for hydroxylation is 1. The summed E-state index contributed by atoms with van der Waals surface area (Å²) in [6.45, 7) is 4.40. The van der Waals surface area contributed by atoms with E-state index in [1.807, 2.05) is 6.07 Å². The van der Waals surface area contributed by atoms with E-state index in [1.165, 1.54) is 22.4 Å². The Morgan fingerprint density at radius 2 is 1.95 bits per heavy atom. The number of sulfonamides is 1. The zero-order chi connectivity index (χ0) is 14.9. The van der Waals surface area contributed by atoms with E-state index in [1.54, 1.807) is 0 Å². The molecule has 0 saturated carbocycles. The molecular weight excluding hydrogens is 288 g/mol. The Kier molecular flexibility index (Phi) is 3.69. The molecule has 0 atom stereocenters. The second-order valence-corrected chi connectivity index (χ2v) is 7.05. The SMILES string of the molecule is Cc1cccc(N2CCN(S(=O)(=O)c3cnc[nH]3)CC2)c1. The molecule has 0 bridgehead atoms. The van der Waals surface area contributed by atoms with Crippen LogP contribution in [0.2, 0.25) is 0 Å². The second-order valence-electron chi connectivity index (χ2n) is 5.15. The molecule has 21 heavy (non-hydrogen) atoms. The van der Waals surface area contributed by atoms with Crippen LogP contribution in [0, 0.1) is 6.92 Å². The van der Waals surface area contributed by atoms with E-state index in [2.05, 4.69) is 40.0 Å². The minimum Gasteiger partial charge on any atom is -0.369 e. The Hall–Kier alpha value is -1.86. The highest BCUT2D eigenvalue weighted by Gasteiger charge is 2.29. The summed E-state index contributed by atoms with van der Waals surface area (Å²) in [5.74, 6) is 0. The van der Waals surface area contributed by atoms with Gasteiger partial charge in [-0.2, -0.15) is 4.31 Å². The average molecular weight is 306 g/mol. The molecule has 1 N–H and O–H groups in total. The smallest absolute Gasteiger partial charge is 0.260 e. The first-order valence-corrected chi connectivity index (χ1v) is 8.31. The Bertz CT molecular complexity index is 704. The Balaban J connectivity index is 1.71. The molecule has 0 amide bonds. The first kappa shape index (κ1) is 14.1. The van der Waals surface area contributed by atoms with Crippen LogP contribution in [-0.2, 0) is 10.0 Å². The summed E-state index contributed by atoms with van der Waals surface area (Å²) >= 11 is 0. The van der Waals surface area contributed by atoms with Gasteiger partial charge in [-0.05, 0) is 24.6 Å². The summed E-state index contributed by atoms with van der Waals surface area (Å²) in [5, 5.41) is 0.159. The van der Waals surface area contributed by atoms with Crippen molar-refractivity contribution in [2.45, 2.75) is 11.9 Å². The lowest BCUT2D eigenvalue weighted by Crippen LogP contribution is -2.48. The van der Waals surface area contributed by atoms with Crippen molar-refractivity contribution in [2.24, 2.45) is 0 Å². The van der Waals surface area contributed by atoms with Crippen LogP contribution in [0.1, 0.15) is 5.56 Å². The van der Waals surface area contributed by atoms with E-state index in [4.69, 9.17) is 0 Å². The van der Waals surface area contributed by atoms with Gasteiger partial charge in [0.15, 0.2) is 5.03 Å². The lowest BCUT2D eigenvalue weighted by molar-refractivity contribution is 0.383. The van der Waals surface area contributed by atoms with Gasteiger partial charge in [-0.3, -0.25) is 0 Å². The number of aromatic amines is 1. The molecule has 7 heteroatoms. The Morgan fingerprint density at radius 3 is 2.57 bits per heavy atom. The van der Waals surface area contributed by atoms with Gasteiger partial charge < -0.3 is 9.88 Å². The fourth-order valence-electron chi connectivity index (χ4n) is 2.53. The van der Waals surface area contributed by atoms with Gasteiger partial charge in [0, 0.05) is 31.9 Å². The van der Waals surface area contributed by atoms with E-state index in [0.717, 1.165) is 5.69 Å². The van der Waals surface area contributed by atoms with Crippen molar-refractivity contribution in [1.82, 2.24) is 14.3 Å². The molecule has 112 valence electrons. The van der Waals surface area contributed by atoms with Gasteiger partial charge >= 0.3 is 0 Å². The zero-order valence-electron chi connectivity index (χ0n) is 11.9. The van der Waals surface area contributed by atoms with Gasteiger partial charge in [0.1, 0.15) is 0 Å². The molecule has 1 aromatic heterocycles. The first-order chi connectivity index (χ1) is 10.1. The fourth-order valence-corrected chi connectivity index (χ4v) is 3.85. The predicted octanol–water partition coefficient (Wildman–Crippen LogP) is 1.23. The van der Waals surface area contributed by atoms with Crippen LogP contribution in [0.4, 0.5) is 5.69 Å². The maximum Gasteiger partial charge on any atom is 0.260 e. The van der Waals surface area contributed by atoms with Crippen LogP contribution >= 0.6 is 0 Å². The van der Waals surface area contributed by atoms with E-state index in [0.29, 0.717) is 26.2 Å². The number of nitrogens with zero attached hydrogens (tertiary/aromatic N) is 3. The average Bonchev–Trinajstić information content (AvgIpc) is 3.02. The van der Waals surface area contributed by atoms with Crippen molar-refractivity contribution in [3.63, 3.8) is 0 Å². The predicted molar refractivity (Wildman–Crippen MR) is 80.7 cm³/mol. The van der Waals surface area contributed by atoms with Crippen molar-refractivity contribution in [3.05, 3.63) is 42.4 Å². The van der Waals surface area contributed by atoms with Gasteiger partial charge in [0.2, 0.25) is 0 Å². The molecule has 0 unspecified atom stereocenters. The lowest BCUT2D eigenvalue weighted by atomic mass is 10.2. The number of H-pyrrole nitrogens is 1. The van der Waals surface area contributed by atoms with Crippen molar-refractivity contribution in [2.75, 3.05) is 31.1 Å². The number of aromatic nitrogens is 2. The van der Waals surface area contributed by atoms with Gasteiger partial charge in [0.05, 0.1) is 12.5 Å². The van der Waals surface area contributed by atoms with Crippen LogP contribution in [0.3, 0.4) is 0 Å². The highest BCUT2D eigenvalue weighted by atomic mass is 32.2. The number of benzene rings is 1. The molecule has 0 spiro atoms. The maximum atomic E-state index is 12.4. The fraction of sp³-hybridized carbons (Fsp3) is 0.357. The molecule has 6 nitrogen and oxygen atoms in total. The minimum absolute atomic E-state index is 0.159. The van der Waals surface area contributed by atoms with E-state index < -0.39 is 10.0 Å². The summed E-state index contributed by atoms with van der Waals surface area (Å²) in [6, 6.07) is 8.27. The van der Waals surface area contributed by atoms with Crippen molar-refractivity contribution in [1.29, 1.82) is 0 Å². The van der Waals surface area contributed by atoms with Crippen molar-refractivity contribution >= 4 is 15.7 Å². The number of rotatable bonds is 3. The zero-order valence-corrected chi connectivity index (χ0v) is 12.7. The van der Waals surface area contributed by atoms with Gasteiger partial charge in [-0.1, -0.05) is 12.1 Å². The van der Waals surface area contributed by atoms with Crippen LogP contribution in [0.25, 0.3) is 0 Å². The third kappa shape index (κ3) is 2.79. The van der Waals surface area contributed by atoms with Crippen molar-refractivity contribution < 1.29 is 8.42 Å². The number of imidazole rings is 1. The topological polar surface area (TPSA) is 69.3 Å². The van der Waals surface area contributed by atoms with Gasteiger partial charge in [-0.25, -0.2) is 13.4 Å². The summed E-state index contributed by atoms with van der Waals surface area (Å²) < 4.78 is 26.3. The summed E-state index contributed by atoms with van der Waals surface area (Å²) in [7, 11) is -3.44. The highest BCUT2D eigenvalue weighted by Crippen LogP contribution is 2.20. The summed E-state index contributed by atoms with van der Waals surface area (Å²) in [6.07, 6.45) is 2.73. The standard InChI is InChI=1S/C14H18N4O2S/c1-12-3-2-4-13(9-12)17-5-7-18(8-6-17)21(19,20)14-10-15-11-16-14/h2-4,9-11H,5-8H2,1H3,(H,15,16). The number of nitrogens with one attached hydrogen (secondary N) is 1. The van der Waals surface area contributed by atoms with E-state index in [-0.39, 0.29) is 5.03 Å². The monoisotopic (exact) mass is 306 g/mol. The normalized spacial score (nSPS) is 17.1. The highest BCUT2D eigenvalue weighted by molar-refractivity contribution is 7.89. The van der Waals surface area contributed by atoms with E-state index in [9.17, 15) is 8.42 Å². The molecule has 1 fully saturated rings. The number of hydrogen-bond acceptors (Lipinski definition) is 4. The minimum atomic E-state index is -3.44. The quantitative estimate of drug-likeness (QED) is 0.926. The molecular formula is C14H18N4O2S. The molecule has 0 aliphatic carbocycles.